The first-order chi connectivity index (χ1) is 17.7. The molecule has 1 fully saturated rings. The summed E-state index contributed by atoms with van der Waals surface area (Å²) in [6.45, 7) is 37.1. The average molecular weight is 599 g/mol. The summed E-state index contributed by atoms with van der Waals surface area (Å²) in [7, 11) is -5.50. The van der Waals surface area contributed by atoms with E-state index in [1.165, 1.54) is 23.7 Å². The first-order valence-electron chi connectivity index (χ1n) is 15.7. The SMILES string of the molecule is C=CC[C@H]1C[C@H](O[Si](CC)(CC)CC)C[C@@H](/C=C(\C)C[C@@H](CO[Si](C)(C)C(C)(C)C)O[Si](C)(C)C(C)(C)C)O1. The minimum atomic E-state index is -1.95. The predicted molar refractivity (Wildman–Crippen MR) is 178 cm³/mol. The van der Waals surface area contributed by atoms with Gasteiger partial charge in [-0.3, -0.25) is 0 Å². The molecule has 1 rings (SSSR count). The molecular formula is C32H66O4Si3. The fourth-order valence-electron chi connectivity index (χ4n) is 4.89. The third-order valence-electron chi connectivity index (χ3n) is 9.89. The Morgan fingerprint density at radius 1 is 0.923 bits per heavy atom. The number of hydrogen-bond donors (Lipinski definition) is 0. The van der Waals surface area contributed by atoms with Crippen LogP contribution in [0.1, 0.15) is 94.9 Å². The summed E-state index contributed by atoms with van der Waals surface area (Å²) in [4.78, 5) is 0. The summed E-state index contributed by atoms with van der Waals surface area (Å²) < 4.78 is 27.2. The van der Waals surface area contributed by atoms with Gasteiger partial charge in [0.25, 0.3) is 0 Å². The molecule has 7 heteroatoms. The molecule has 0 bridgehead atoms. The Hall–Kier alpha value is -0.0294. The fourth-order valence-corrected chi connectivity index (χ4v) is 10.2. The Morgan fingerprint density at radius 2 is 1.46 bits per heavy atom. The zero-order chi connectivity index (χ0) is 30.3. The van der Waals surface area contributed by atoms with Crippen LogP contribution in [0.5, 0.6) is 0 Å². The molecule has 4 nitrogen and oxygen atoms in total. The van der Waals surface area contributed by atoms with Gasteiger partial charge in [-0.15, -0.1) is 6.58 Å². The van der Waals surface area contributed by atoms with Crippen LogP contribution in [0.2, 0.25) is 54.4 Å². The molecule has 0 aliphatic carbocycles. The van der Waals surface area contributed by atoms with Crippen LogP contribution in [0.15, 0.2) is 24.3 Å². The van der Waals surface area contributed by atoms with Crippen molar-refractivity contribution in [2.45, 2.75) is 174 Å². The van der Waals surface area contributed by atoms with Gasteiger partial charge in [0, 0.05) is 6.42 Å². The second-order valence-corrected chi connectivity index (χ2v) is 29.4. The quantitative estimate of drug-likeness (QED) is 0.139. The lowest BCUT2D eigenvalue weighted by Crippen LogP contribution is -2.48. The number of rotatable bonds is 15. The van der Waals surface area contributed by atoms with E-state index in [0.717, 1.165) is 25.7 Å². The third kappa shape index (κ3) is 11.3. The predicted octanol–water partition coefficient (Wildman–Crippen LogP) is 10.2. The summed E-state index contributed by atoms with van der Waals surface area (Å²) in [5, 5.41) is 0.335. The van der Waals surface area contributed by atoms with E-state index in [4.69, 9.17) is 18.0 Å². The highest BCUT2D eigenvalue weighted by molar-refractivity contribution is 6.75. The second-order valence-electron chi connectivity index (χ2n) is 15.1. The van der Waals surface area contributed by atoms with Crippen LogP contribution >= 0.6 is 0 Å². The molecule has 39 heavy (non-hydrogen) atoms. The highest BCUT2D eigenvalue weighted by Crippen LogP contribution is 2.40. The summed E-state index contributed by atoms with van der Waals surface area (Å²) in [5.41, 5.74) is 1.32. The summed E-state index contributed by atoms with van der Waals surface area (Å²) in [5.74, 6) is 0. The van der Waals surface area contributed by atoms with Crippen LogP contribution in [0, 0.1) is 0 Å². The lowest BCUT2D eigenvalue weighted by atomic mass is 9.97. The lowest BCUT2D eigenvalue weighted by molar-refractivity contribution is -0.0698. The van der Waals surface area contributed by atoms with Gasteiger partial charge in [-0.25, -0.2) is 0 Å². The topological polar surface area (TPSA) is 36.9 Å². The Labute approximate surface area is 247 Å². The van der Waals surface area contributed by atoms with Crippen molar-refractivity contribution in [3.05, 3.63) is 24.3 Å². The largest absolute Gasteiger partial charge is 0.414 e. The maximum absolute atomic E-state index is 6.98. The number of hydrogen-bond acceptors (Lipinski definition) is 4. The molecule has 230 valence electrons. The van der Waals surface area contributed by atoms with Crippen LogP contribution in [0.4, 0.5) is 0 Å². The van der Waals surface area contributed by atoms with Gasteiger partial charge in [-0.1, -0.05) is 80.0 Å². The number of ether oxygens (including phenoxy) is 1. The monoisotopic (exact) mass is 598 g/mol. The lowest BCUT2D eigenvalue weighted by Gasteiger charge is -2.42. The molecule has 0 aromatic heterocycles. The molecule has 1 heterocycles. The van der Waals surface area contributed by atoms with E-state index in [-0.39, 0.29) is 34.5 Å². The summed E-state index contributed by atoms with van der Waals surface area (Å²) >= 11 is 0. The van der Waals surface area contributed by atoms with Crippen LogP contribution in [-0.2, 0) is 18.0 Å². The fraction of sp³-hybridized carbons (Fsp3) is 0.875. The molecule has 0 aromatic rings. The van der Waals surface area contributed by atoms with Crippen molar-refractivity contribution in [2.75, 3.05) is 6.61 Å². The van der Waals surface area contributed by atoms with Gasteiger partial charge in [0.05, 0.1) is 31.0 Å². The van der Waals surface area contributed by atoms with Crippen LogP contribution < -0.4 is 0 Å². The van der Waals surface area contributed by atoms with E-state index >= 15 is 0 Å². The molecule has 0 N–H and O–H groups in total. The van der Waals surface area contributed by atoms with E-state index in [1.807, 2.05) is 6.08 Å². The molecular weight excluding hydrogens is 533 g/mol. The van der Waals surface area contributed by atoms with E-state index in [2.05, 4.69) is 108 Å². The van der Waals surface area contributed by atoms with Crippen molar-refractivity contribution in [2.24, 2.45) is 0 Å². The zero-order valence-corrected chi connectivity index (χ0v) is 31.5. The highest BCUT2D eigenvalue weighted by atomic mass is 28.4. The van der Waals surface area contributed by atoms with Gasteiger partial charge in [0.1, 0.15) is 0 Å². The van der Waals surface area contributed by atoms with Crippen LogP contribution in [0.3, 0.4) is 0 Å². The molecule has 1 aliphatic heterocycles. The molecule has 0 aromatic carbocycles. The van der Waals surface area contributed by atoms with Gasteiger partial charge >= 0.3 is 0 Å². The van der Waals surface area contributed by atoms with Crippen molar-refractivity contribution in [3.63, 3.8) is 0 Å². The van der Waals surface area contributed by atoms with Crippen molar-refractivity contribution < 1.29 is 18.0 Å². The van der Waals surface area contributed by atoms with Crippen LogP contribution in [0.25, 0.3) is 0 Å². The van der Waals surface area contributed by atoms with Crippen molar-refractivity contribution in [1.82, 2.24) is 0 Å². The Balaban J connectivity index is 3.15. The van der Waals surface area contributed by atoms with E-state index in [9.17, 15) is 0 Å². The van der Waals surface area contributed by atoms with Gasteiger partial charge in [0.15, 0.2) is 25.0 Å². The maximum Gasteiger partial charge on any atom is 0.192 e. The minimum absolute atomic E-state index is 0.0520. The van der Waals surface area contributed by atoms with Gasteiger partial charge < -0.3 is 18.0 Å². The van der Waals surface area contributed by atoms with Gasteiger partial charge in [-0.2, -0.15) is 0 Å². The Morgan fingerprint density at radius 3 is 1.92 bits per heavy atom. The zero-order valence-electron chi connectivity index (χ0n) is 28.5. The molecule has 1 saturated heterocycles. The Bertz CT molecular complexity index is 767. The van der Waals surface area contributed by atoms with Crippen molar-refractivity contribution >= 4 is 25.0 Å². The van der Waals surface area contributed by atoms with Crippen molar-refractivity contribution in [3.8, 4) is 0 Å². The third-order valence-corrected chi connectivity index (χ3v) is 23.6. The molecule has 4 atom stereocenters. The van der Waals surface area contributed by atoms with Crippen molar-refractivity contribution in [1.29, 1.82) is 0 Å². The van der Waals surface area contributed by atoms with E-state index in [0.29, 0.717) is 6.61 Å². The summed E-state index contributed by atoms with van der Waals surface area (Å²) in [6.07, 6.45) is 8.57. The second kappa shape index (κ2) is 14.9. The summed E-state index contributed by atoms with van der Waals surface area (Å²) in [6, 6.07) is 3.55. The average Bonchev–Trinajstić information content (AvgIpc) is 2.79. The minimum Gasteiger partial charge on any atom is -0.414 e. The standard InChI is InChI=1S/C32H66O4Si3/c1-16-20-27-23-29(36-39(17-2,18-3)19-4)24-28(34-27)21-26(5)22-30(35-38(14,15)32(9,10)11)25-33-37(12,13)31(6,7)8/h16,21,27-30H,1,17-20,22-25H2,2-15H3/b26-21+/t27-,28+,29-,30-/m0/s1. The molecule has 0 saturated carbocycles. The maximum atomic E-state index is 6.98. The first kappa shape index (κ1) is 37.0. The normalized spacial score (nSPS) is 23.1. The van der Waals surface area contributed by atoms with E-state index < -0.39 is 25.0 Å². The van der Waals surface area contributed by atoms with Crippen LogP contribution in [-0.4, -0.2) is 56.0 Å². The first-order valence-corrected chi connectivity index (χ1v) is 24.0. The Kier molecular flexibility index (Phi) is 14.2. The molecule has 1 aliphatic rings. The van der Waals surface area contributed by atoms with Gasteiger partial charge in [-0.05, 0) is 80.6 Å². The van der Waals surface area contributed by atoms with E-state index in [1.54, 1.807) is 0 Å². The van der Waals surface area contributed by atoms with Gasteiger partial charge in [0.2, 0.25) is 0 Å². The smallest absolute Gasteiger partial charge is 0.192 e. The molecule has 0 amide bonds. The molecule has 0 radical (unpaired) electrons. The molecule has 0 unspecified atom stereocenters. The highest BCUT2D eigenvalue weighted by Gasteiger charge is 2.42. The molecule has 0 spiro atoms.